The van der Waals surface area contributed by atoms with E-state index in [-0.39, 0.29) is 17.4 Å². The number of benzene rings is 1. The average Bonchev–Trinajstić information content (AvgIpc) is 3.39. The highest BCUT2D eigenvalue weighted by molar-refractivity contribution is 6.30. The number of ether oxygens (including phenoxy) is 1. The van der Waals surface area contributed by atoms with E-state index in [9.17, 15) is 9.59 Å². The van der Waals surface area contributed by atoms with Crippen molar-refractivity contribution in [2.24, 2.45) is 0 Å². The Balaban J connectivity index is 1.70. The Labute approximate surface area is 168 Å². The van der Waals surface area contributed by atoms with Crippen molar-refractivity contribution in [3.05, 3.63) is 59.4 Å². The quantitative estimate of drug-likeness (QED) is 0.492. The molecule has 2 amide bonds. The highest BCUT2D eigenvalue weighted by atomic mass is 35.5. The van der Waals surface area contributed by atoms with Crippen LogP contribution in [0.15, 0.2) is 53.1 Å². The number of esters is 1. The molecule has 0 radical (unpaired) electrons. The first-order valence-corrected chi connectivity index (χ1v) is 8.65. The lowest BCUT2D eigenvalue weighted by Crippen LogP contribution is -2.21. The normalized spacial score (nSPS) is 10.7. The number of halogens is 1. The van der Waals surface area contributed by atoms with Gasteiger partial charge in [-0.05, 0) is 42.5 Å². The number of fused-ring (bicyclic) bond motifs is 1. The first-order valence-electron chi connectivity index (χ1n) is 8.27. The molecule has 2 N–H and O–H groups in total. The number of carbonyl (C=O) groups excluding carboxylic acids is 2. The van der Waals surface area contributed by atoms with Gasteiger partial charge >= 0.3 is 12.0 Å². The largest absolute Gasteiger partial charge is 0.464 e. The van der Waals surface area contributed by atoms with Crippen LogP contribution in [-0.4, -0.2) is 38.7 Å². The molecule has 29 heavy (non-hydrogen) atoms. The summed E-state index contributed by atoms with van der Waals surface area (Å²) in [6, 6.07) is 10.9. The predicted octanol–water partition coefficient (Wildman–Crippen LogP) is 3.47. The third kappa shape index (κ3) is 3.73. The maximum absolute atomic E-state index is 12.4. The van der Waals surface area contributed by atoms with Gasteiger partial charge in [0.05, 0.1) is 19.1 Å². The van der Waals surface area contributed by atoms with Gasteiger partial charge < -0.3 is 14.5 Å². The van der Waals surface area contributed by atoms with Crippen molar-refractivity contribution in [2.45, 2.75) is 0 Å². The fraction of sp³-hybridized carbons (Fsp3) is 0.0556. The van der Waals surface area contributed by atoms with Gasteiger partial charge in [-0.2, -0.15) is 0 Å². The van der Waals surface area contributed by atoms with Crippen LogP contribution in [0.2, 0.25) is 5.02 Å². The number of anilines is 2. The van der Waals surface area contributed by atoms with Crippen LogP contribution in [-0.2, 0) is 4.74 Å². The van der Waals surface area contributed by atoms with Crippen molar-refractivity contribution in [1.82, 2.24) is 19.6 Å². The van der Waals surface area contributed by atoms with Gasteiger partial charge in [-0.25, -0.2) is 19.0 Å². The smallest absolute Gasteiger partial charge is 0.356 e. The van der Waals surface area contributed by atoms with E-state index in [1.165, 1.54) is 23.8 Å². The van der Waals surface area contributed by atoms with E-state index in [0.29, 0.717) is 22.2 Å². The fourth-order valence-electron chi connectivity index (χ4n) is 2.60. The molecular weight excluding hydrogens is 400 g/mol. The minimum Gasteiger partial charge on any atom is -0.464 e. The van der Waals surface area contributed by atoms with Gasteiger partial charge in [0.25, 0.3) is 5.78 Å². The number of hydrogen-bond acceptors (Lipinski definition) is 7. The maximum atomic E-state index is 12.4. The lowest BCUT2D eigenvalue weighted by molar-refractivity contribution is 0.0594. The number of urea groups is 1. The molecule has 3 aromatic heterocycles. The molecule has 11 heteroatoms. The van der Waals surface area contributed by atoms with Crippen molar-refractivity contribution in [3.63, 3.8) is 0 Å². The Morgan fingerprint density at radius 3 is 2.62 bits per heavy atom. The minimum absolute atomic E-state index is 0.0240. The van der Waals surface area contributed by atoms with Gasteiger partial charge in [0.15, 0.2) is 11.5 Å². The van der Waals surface area contributed by atoms with Crippen LogP contribution in [0.4, 0.5) is 16.4 Å². The van der Waals surface area contributed by atoms with Crippen LogP contribution in [0.1, 0.15) is 10.5 Å². The number of furan rings is 1. The third-order valence-electron chi connectivity index (χ3n) is 3.88. The van der Waals surface area contributed by atoms with E-state index in [1.807, 2.05) is 0 Å². The number of hydrogen-bond donors (Lipinski definition) is 2. The zero-order chi connectivity index (χ0) is 20.4. The molecule has 0 saturated carbocycles. The second-order valence-electron chi connectivity index (χ2n) is 5.74. The average molecular weight is 413 g/mol. The standard InChI is InChI=1S/C18H13ClN6O4/c1-28-15(26)12-9-13(14-3-2-8-29-14)25-16(21-12)23-24-17(25)22-18(27)20-11-6-4-10(19)5-7-11/h2-9H,1H3,(H2,20,22,24,27). The number of methoxy groups -OCH3 is 1. The molecule has 4 aromatic rings. The first-order chi connectivity index (χ1) is 14.0. The summed E-state index contributed by atoms with van der Waals surface area (Å²) in [7, 11) is 1.25. The van der Waals surface area contributed by atoms with Crippen LogP contribution in [0.5, 0.6) is 0 Å². The molecule has 146 valence electrons. The topological polar surface area (TPSA) is 124 Å². The highest BCUT2D eigenvalue weighted by Gasteiger charge is 2.20. The molecule has 3 heterocycles. The summed E-state index contributed by atoms with van der Waals surface area (Å²) >= 11 is 5.84. The second-order valence-corrected chi connectivity index (χ2v) is 6.18. The summed E-state index contributed by atoms with van der Waals surface area (Å²) in [5.41, 5.74) is 0.973. The summed E-state index contributed by atoms with van der Waals surface area (Å²) in [6.07, 6.45) is 1.48. The molecule has 0 aliphatic carbocycles. The van der Waals surface area contributed by atoms with Crippen molar-refractivity contribution in [1.29, 1.82) is 0 Å². The number of aromatic nitrogens is 4. The van der Waals surface area contributed by atoms with Crippen LogP contribution < -0.4 is 10.6 Å². The number of nitrogens with one attached hydrogen (secondary N) is 2. The number of rotatable bonds is 4. The Morgan fingerprint density at radius 1 is 1.14 bits per heavy atom. The van der Waals surface area contributed by atoms with Crippen molar-refractivity contribution < 1.29 is 18.7 Å². The molecule has 0 spiro atoms. The molecule has 0 aliphatic heterocycles. The molecule has 10 nitrogen and oxygen atoms in total. The molecule has 0 atom stereocenters. The maximum Gasteiger partial charge on any atom is 0.356 e. The Bertz CT molecular complexity index is 1190. The predicted molar refractivity (Wildman–Crippen MR) is 104 cm³/mol. The second kappa shape index (κ2) is 7.60. The zero-order valence-electron chi connectivity index (χ0n) is 14.9. The summed E-state index contributed by atoms with van der Waals surface area (Å²) in [5, 5.41) is 13.7. The SMILES string of the molecule is COC(=O)c1cc(-c2ccco2)n2c(NC(=O)Nc3ccc(Cl)cc3)nnc2n1. The molecule has 1 aromatic carbocycles. The molecule has 0 saturated heterocycles. The van der Waals surface area contributed by atoms with Gasteiger partial charge in [0.1, 0.15) is 0 Å². The van der Waals surface area contributed by atoms with E-state index in [4.69, 9.17) is 20.8 Å². The van der Waals surface area contributed by atoms with Crippen LogP contribution in [0.3, 0.4) is 0 Å². The van der Waals surface area contributed by atoms with E-state index in [2.05, 4.69) is 25.8 Å². The molecular formula is C18H13ClN6O4. The number of carbonyl (C=O) groups is 2. The monoisotopic (exact) mass is 412 g/mol. The molecule has 4 rings (SSSR count). The van der Waals surface area contributed by atoms with Crippen LogP contribution in [0.25, 0.3) is 17.2 Å². The number of amides is 2. The Morgan fingerprint density at radius 2 is 1.93 bits per heavy atom. The van der Waals surface area contributed by atoms with Gasteiger partial charge in [-0.3, -0.25) is 5.32 Å². The first kappa shape index (κ1) is 18.4. The van der Waals surface area contributed by atoms with Gasteiger partial charge in [0, 0.05) is 10.7 Å². The highest BCUT2D eigenvalue weighted by Crippen LogP contribution is 2.24. The van der Waals surface area contributed by atoms with Crippen molar-refractivity contribution in [3.8, 4) is 11.5 Å². The van der Waals surface area contributed by atoms with Crippen molar-refractivity contribution >= 4 is 41.0 Å². The van der Waals surface area contributed by atoms with Gasteiger partial charge in [-0.1, -0.05) is 11.6 Å². The van der Waals surface area contributed by atoms with E-state index in [1.54, 1.807) is 36.4 Å². The third-order valence-corrected chi connectivity index (χ3v) is 4.13. The van der Waals surface area contributed by atoms with Crippen molar-refractivity contribution in [2.75, 3.05) is 17.7 Å². The van der Waals surface area contributed by atoms with E-state index < -0.39 is 12.0 Å². The number of nitrogens with zero attached hydrogens (tertiary/aromatic N) is 4. The zero-order valence-corrected chi connectivity index (χ0v) is 15.7. The molecule has 0 fully saturated rings. The minimum atomic E-state index is -0.640. The summed E-state index contributed by atoms with van der Waals surface area (Å²) in [6.45, 7) is 0. The Kier molecular flexibility index (Phi) is 4.83. The fourth-order valence-corrected chi connectivity index (χ4v) is 2.72. The summed E-state index contributed by atoms with van der Waals surface area (Å²) in [5.74, 6) is -0.0512. The van der Waals surface area contributed by atoms with E-state index >= 15 is 0 Å². The Hall–Kier alpha value is -3.92. The molecule has 0 bridgehead atoms. The summed E-state index contributed by atoms with van der Waals surface area (Å²) < 4.78 is 11.6. The molecule has 0 aliphatic rings. The summed E-state index contributed by atoms with van der Waals surface area (Å²) in [4.78, 5) is 28.4. The lowest BCUT2D eigenvalue weighted by Gasteiger charge is -2.09. The van der Waals surface area contributed by atoms with Crippen LogP contribution >= 0.6 is 11.6 Å². The van der Waals surface area contributed by atoms with Gasteiger partial charge in [0.2, 0.25) is 5.95 Å². The van der Waals surface area contributed by atoms with Crippen LogP contribution in [0, 0.1) is 0 Å². The van der Waals surface area contributed by atoms with Gasteiger partial charge in [-0.15, -0.1) is 10.2 Å². The molecule has 0 unspecified atom stereocenters. The van der Waals surface area contributed by atoms with E-state index in [0.717, 1.165) is 0 Å². The lowest BCUT2D eigenvalue weighted by atomic mass is 10.2.